The minimum absolute atomic E-state index is 0.116. The minimum Gasteiger partial charge on any atom is -0.508 e. The second kappa shape index (κ2) is 6.29. The largest absolute Gasteiger partial charge is 0.508 e. The number of fused-ring (bicyclic) bond motifs is 1. The molecule has 1 unspecified atom stereocenters. The van der Waals surface area contributed by atoms with Crippen molar-refractivity contribution in [3.05, 3.63) is 82.2 Å². The van der Waals surface area contributed by atoms with E-state index in [1.165, 1.54) is 0 Å². The molecule has 1 atom stereocenters. The highest BCUT2D eigenvalue weighted by Gasteiger charge is 2.34. The van der Waals surface area contributed by atoms with Crippen LogP contribution in [-0.2, 0) is 6.54 Å². The van der Waals surface area contributed by atoms with E-state index in [0.717, 1.165) is 10.2 Å². The second-order valence-corrected chi connectivity index (χ2v) is 6.72. The Morgan fingerprint density at radius 3 is 2.80 bits per heavy atom. The van der Waals surface area contributed by atoms with Gasteiger partial charge in [-0.1, -0.05) is 28.1 Å². The van der Waals surface area contributed by atoms with Gasteiger partial charge in [-0.25, -0.2) is 0 Å². The van der Waals surface area contributed by atoms with Crippen LogP contribution in [0, 0.1) is 0 Å². The number of carbonyl (C=O) groups excluding carboxylic acids is 1. The number of rotatable bonds is 3. The van der Waals surface area contributed by atoms with Gasteiger partial charge in [0.15, 0.2) is 0 Å². The predicted molar refractivity (Wildman–Crippen MR) is 97.2 cm³/mol. The molecule has 4 rings (SSSR count). The molecule has 2 N–H and O–H groups in total. The fourth-order valence-electron chi connectivity index (χ4n) is 3.02. The molecule has 25 heavy (non-hydrogen) atoms. The molecular formula is C19H15BrN2O3. The Hall–Kier alpha value is -2.73. The molecule has 126 valence electrons. The fraction of sp³-hybridized carbons (Fsp3) is 0.105. The highest BCUT2D eigenvalue weighted by Crippen LogP contribution is 2.38. The third-order valence-corrected chi connectivity index (χ3v) is 4.71. The number of furan rings is 1. The number of benzene rings is 2. The topological polar surface area (TPSA) is 65.7 Å². The van der Waals surface area contributed by atoms with Crippen molar-refractivity contribution in [3.8, 4) is 5.75 Å². The van der Waals surface area contributed by atoms with Gasteiger partial charge in [0.2, 0.25) is 0 Å². The Morgan fingerprint density at radius 2 is 2.00 bits per heavy atom. The predicted octanol–water partition coefficient (Wildman–Crippen LogP) is 4.51. The van der Waals surface area contributed by atoms with Crippen molar-refractivity contribution in [2.75, 3.05) is 5.32 Å². The number of phenolic OH excluding ortho intramolecular Hbond substituents is 1. The number of carbonyl (C=O) groups is 1. The summed E-state index contributed by atoms with van der Waals surface area (Å²) in [6.45, 7) is 0.295. The van der Waals surface area contributed by atoms with E-state index in [-0.39, 0.29) is 11.7 Å². The van der Waals surface area contributed by atoms with Crippen LogP contribution in [0.15, 0.2) is 69.8 Å². The number of amides is 1. The second-order valence-electron chi connectivity index (χ2n) is 5.81. The number of phenols is 1. The van der Waals surface area contributed by atoms with Gasteiger partial charge in [-0.15, -0.1) is 0 Å². The molecule has 5 nitrogen and oxygen atoms in total. The van der Waals surface area contributed by atoms with Crippen molar-refractivity contribution in [1.82, 2.24) is 4.90 Å². The van der Waals surface area contributed by atoms with Gasteiger partial charge in [0, 0.05) is 15.7 Å². The van der Waals surface area contributed by atoms with Crippen molar-refractivity contribution >= 4 is 27.5 Å². The number of halogens is 1. The van der Waals surface area contributed by atoms with Crippen molar-refractivity contribution in [2.24, 2.45) is 0 Å². The quantitative estimate of drug-likeness (QED) is 0.680. The van der Waals surface area contributed by atoms with Crippen LogP contribution in [0.1, 0.15) is 27.8 Å². The maximum Gasteiger partial charge on any atom is 0.258 e. The molecule has 2 heterocycles. The maximum absolute atomic E-state index is 13.1. The molecule has 0 radical (unpaired) electrons. The molecule has 1 aliphatic heterocycles. The van der Waals surface area contributed by atoms with Crippen LogP contribution in [-0.4, -0.2) is 15.9 Å². The number of hydrogen-bond acceptors (Lipinski definition) is 4. The number of para-hydroxylation sites is 1. The molecule has 3 aromatic rings. The monoisotopic (exact) mass is 398 g/mol. The highest BCUT2D eigenvalue weighted by molar-refractivity contribution is 9.10. The van der Waals surface area contributed by atoms with Gasteiger partial charge in [0.1, 0.15) is 17.7 Å². The first-order chi connectivity index (χ1) is 12.1. The summed E-state index contributed by atoms with van der Waals surface area (Å²) in [4.78, 5) is 14.7. The molecule has 0 saturated carbocycles. The van der Waals surface area contributed by atoms with Crippen LogP contribution in [0.4, 0.5) is 5.69 Å². The minimum atomic E-state index is -0.509. The van der Waals surface area contributed by atoms with E-state index in [0.29, 0.717) is 23.4 Å². The average molecular weight is 399 g/mol. The summed E-state index contributed by atoms with van der Waals surface area (Å²) in [6.07, 6.45) is 1.07. The summed E-state index contributed by atoms with van der Waals surface area (Å²) in [5.41, 5.74) is 1.95. The van der Waals surface area contributed by atoms with Gasteiger partial charge in [-0.2, -0.15) is 0 Å². The summed E-state index contributed by atoms with van der Waals surface area (Å²) in [5, 5.41) is 13.7. The van der Waals surface area contributed by atoms with Crippen LogP contribution in [0.3, 0.4) is 0 Å². The van der Waals surface area contributed by atoms with Crippen LogP contribution in [0.25, 0.3) is 0 Å². The van der Waals surface area contributed by atoms with E-state index >= 15 is 0 Å². The smallest absolute Gasteiger partial charge is 0.258 e. The number of hydrogen-bond donors (Lipinski definition) is 2. The van der Waals surface area contributed by atoms with E-state index in [2.05, 4.69) is 21.2 Å². The molecule has 0 aliphatic carbocycles. The zero-order valence-electron chi connectivity index (χ0n) is 13.1. The van der Waals surface area contributed by atoms with Crippen molar-refractivity contribution in [3.63, 3.8) is 0 Å². The molecule has 6 heteroatoms. The molecule has 2 aromatic carbocycles. The van der Waals surface area contributed by atoms with E-state index in [4.69, 9.17) is 4.42 Å². The Balaban J connectivity index is 1.81. The summed E-state index contributed by atoms with van der Waals surface area (Å²) < 4.78 is 6.24. The van der Waals surface area contributed by atoms with Crippen LogP contribution >= 0.6 is 15.9 Å². The van der Waals surface area contributed by atoms with Crippen molar-refractivity contribution in [1.29, 1.82) is 0 Å². The molecule has 0 bridgehead atoms. The third kappa shape index (κ3) is 2.89. The lowest BCUT2D eigenvalue weighted by molar-refractivity contribution is 0.0649. The Kier molecular flexibility index (Phi) is 3.97. The first-order valence-corrected chi connectivity index (χ1v) is 8.60. The summed E-state index contributed by atoms with van der Waals surface area (Å²) in [5.74, 6) is 0.682. The van der Waals surface area contributed by atoms with Gasteiger partial charge < -0.3 is 19.7 Å². The van der Waals surface area contributed by atoms with Crippen LogP contribution in [0.5, 0.6) is 5.75 Å². The van der Waals surface area contributed by atoms with E-state index in [9.17, 15) is 9.90 Å². The first-order valence-electron chi connectivity index (χ1n) is 7.81. The molecule has 1 aromatic heterocycles. The highest BCUT2D eigenvalue weighted by atomic mass is 79.9. The molecule has 0 spiro atoms. The maximum atomic E-state index is 13.1. The molecule has 0 saturated heterocycles. The number of nitrogens with one attached hydrogen (secondary N) is 1. The summed E-state index contributed by atoms with van der Waals surface area (Å²) in [6, 6.07) is 16.1. The SMILES string of the molecule is O=C1c2ccccc2NC(c2cc(Br)ccc2O)N1Cc1ccco1. The van der Waals surface area contributed by atoms with Crippen molar-refractivity contribution in [2.45, 2.75) is 12.7 Å². The standard InChI is InChI=1S/C19H15BrN2O3/c20-12-7-8-17(23)15(10-12)18-21-16-6-2-1-5-14(16)19(24)22(18)11-13-4-3-9-25-13/h1-10,18,21,23H,11H2. The van der Waals surface area contributed by atoms with Gasteiger partial charge in [-0.3, -0.25) is 4.79 Å². The molecule has 1 amide bonds. The van der Waals surface area contributed by atoms with Crippen molar-refractivity contribution < 1.29 is 14.3 Å². The lowest BCUT2D eigenvalue weighted by Crippen LogP contribution is -2.42. The van der Waals surface area contributed by atoms with E-state index in [1.807, 2.05) is 30.3 Å². The first kappa shape index (κ1) is 15.8. The average Bonchev–Trinajstić information content (AvgIpc) is 3.13. The zero-order chi connectivity index (χ0) is 17.4. The van der Waals surface area contributed by atoms with Crippen LogP contribution < -0.4 is 5.32 Å². The normalized spacial score (nSPS) is 16.4. The fourth-order valence-corrected chi connectivity index (χ4v) is 3.40. The lowest BCUT2D eigenvalue weighted by atomic mass is 10.0. The Labute approximate surface area is 153 Å². The van der Waals surface area contributed by atoms with Gasteiger partial charge in [0.05, 0.1) is 18.4 Å². The molecule has 1 aliphatic rings. The Morgan fingerprint density at radius 1 is 1.16 bits per heavy atom. The van der Waals surface area contributed by atoms with Gasteiger partial charge in [0.25, 0.3) is 5.91 Å². The van der Waals surface area contributed by atoms with Gasteiger partial charge >= 0.3 is 0 Å². The third-order valence-electron chi connectivity index (χ3n) is 4.21. The number of anilines is 1. The number of nitrogens with zero attached hydrogens (tertiary/aromatic N) is 1. The Bertz CT molecular complexity index is 924. The van der Waals surface area contributed by atoms with Crippen LogP contribution in [0.2, 0.25) is 0 Å². The van der Waals surface area contributed by atoms with Gasteiger partial charge in [-0.05, 0) is 42.5 Å². The summed E-state index contributed by atoms with van der Waals surface area (Å²) in [7, 11) is 0. The van der Waals surface area contributed by atoms with E-state index < -0.39 is 6.17 Å². The lowest BCUT2D eigenvalue weighted by Gasteiger charge is -2.38. The van der Waals surface area contributed by atoms with E-state index in [1.54, 1.807) is 35.4 Å². The molecule has 0 fully saturated rings. The molecular weight excluding hydrogens is 384 g/mol. The number of aromatic hydroxyl groups is 1. The zero-order valence-corrected chi connectivity index (χ0v) is 14.7. The summed E-state index contributed by atoms with van der Waals surface area (Å²) >= 11 is 3.43.